The smallest absolute Gasteiger partial charge is 0.243 e. The molecule has 0 aliphatic carbocycles. The molecule has 0 fully saturated rings. The van der Waals surface area contributed by atoms with Gasteiger partial charge in [0.25, 0.3) is 0 Å². The van der Waals surface area contributed by atoms with Crippen molar-refractivity contribution in [2.75, 3.05) is 13.2 Å². The Labute approximate surface area is 129 Å². The van der Waals surface area contributed by atoms with Gasteiger partial charge in [0.15, 0.2) is 6.29 Å². The summed E-state index contributed by atoms with van der Waals surface area (Å²) in [7, 11) is 0. The van der Waals surface area contributed by atoms with Gasteiger partial charge in [-0.15, -0.1) is 0 Å². The molecule has 4 nitrogen and oxygen atoms in total. The Morgan fingerprint density at radius 1 is 1.18 bits per heavy atom. The van der Waals surface area contributed by atoms with Crippen molar-refractivity contribution in [1.29, 1.82) is 0 Å². The summed E-state index contributed by atoms with van der Waals surface area (Å²) in [4.78, 5) is 22.3. The lowest BCUT2D eigenvalue weighted by Gasteiger charge is -2.10. The zero-order valence-electron chi connectivity index (χ0n) is 12.4. The number of unbranched alkanes of at least 4 members (excludes halogenated alkanes) is 1. The van der Waals surface area contributed by atoms with E-state index in [2.05, 4.69) is 11.9 Å². The SMILES string of the molecule is C=CC(=O)NCCCCOc1ccc2ccccc2c1C=O. The number of aldehydes is 1. The van der Waals surface area contributed by atoms with Crippen LogP contribution in [0, 0.1) is 0 Å². The van der Waals surface area contributed by atoms with E-state index in [9.17, 15) is 9.59 Å². The molecular weight excluding hydrogens is 278 g/mol. The largest absolute Gasteiger partial charge is 0.493 e. The van der Waals surface area contributed by atoms with Gasteiger partial charge in [-0.3, -0.25) is 9.59 Å². The number of benzene rings is 2. The Morgan fingerprint density at radius 3 is 2.77 bits per heavy atom. The molecule has 0 unspecified atom stereocenters. The minimum absolute atomic E-state index is 0.168. The zero-order valence-corrected chi connectivity index (χ0v) is 12.4. The van der Waals surface area contributed by atoms with E-state index in [1.165, 1.54) is 6.08 Å². The van der Waals surface area contributed by atoms with Crippen molar-refractivity contribution in [3.63, 3.8) is 0 Å². The van der Waals surface area contributed by atoms with E-state index >= 15 is 0 Å². The highest BCUT2D eigenvalue weighted by Crippen LogP contribution is 2.26. The van der Waals surface area contributed by atoms with E-state index in [0.29, 0.717) is 24.5 Å². The molecule has 1 amide bonds. The molecule has 4 heteroatoms. The molecule has 22 heavy (non-hydrogen) atoms. The Kier molecular flexibility index (Phi) is 5.72. The van der Waals surface area contributed by atoms with Gasteiger partial charge in [-0.2, -0.15) is 0 Å². The summed E-state index contributed by atoms with van der Waals surface area (Å²) in [6.45, 7) is 4.48. The highest BCUT2D eigenvalue weighted by atomic mass is 16.5. The number of hydrogen-bond acceptors (Lipinski definition) is 3. The van der Waals surface area contributed by atoms with Crippen LogP contribution in [0.15, 0.2) is 49.1 Å². The minimum atomic E-state index is -0.168. The first-order chi connectivity index (χ1) is 10.8. The van der Waals surface area contributed by atoms with Gasteiger partial charge in [-0.1, -0.05) is 36.9 Å². The predicted octanol–water partition coefficient (Wildman–Crippen LogP) is 3.11. The van der Waals surface area contributed by atoms with E-state index in [1.807, 2.05) is 36.4 Å². The molecule has 0 bridgehead atoms. The highest BCUT2D eigenvalue weighted by Gasteiger charge is 2.07. The molecule has 2 rings (SSSR count). The highest BCUT2D eigenvalue weighted by molar-refractivity contribution is 6.00. The number of ether oxygens (including phenoxy) is 1. The maximum Gasteiger partial charge on any atom is 0.243 e. The average molecular weight is 297 g/mol. The Bertz CT molecular complexity index is 679. The molecule has 0 radical (unpaired) electrons. The van der Waals surface area contributed by atoms with Gasteiger partial charge in [0.05, 0.1) is 12.2 Å². The summed E-state index contributed by atoms with van der Waals surface area (Å²) in [5.41, 5.74) is 0.582. The third kappa shape index (κ3) is 3.95. The first-order valence-corrected chi connectivity index (χ1v) is 7.26. The summed E-state index contributed by atoms with van der Waals surface area (Å²) in [5, 5.41) is 4.62. The molecule has 0 aromatic heterocycles. The number of hydrogen-bond donors (Lipinski definition) is 1. The fourth-order valence-electron chi connectivity index (χ4n) is 2.22. The van der Waals surface area contributed by atoms with Gasteiger partial charge in [0.2, 0.25) is 5.91 Å². The Morgan fingerprint density at radius 2 is 2.00 bits per heavy atom. The molecule has 0 saturated heterocycles. The van der Waals surface area contributed by atoms with Crippen molar-refractivity contribution in [3.05, 3.63) is 54.6 Å². The maximum atomic E-state index is 11.3. The summed E-state index contributed by atoms with van der Waals surface area (Å²) in [5.74, 6) is 0.433. The topological polar surface area (TPSA) is 55.4 Å². The molecule has 2 aromatic rings. The van der Waals surface area contributed by atoms with Crippen LogP contribution < -0.4 is 10.1 Å². The molecule has 0 saturated carbocycles. The Hall–Kier alpha value is -2.62. The number of fused-ring (bicyclic) bond motifs is 1. The standard InChI is InChI=1S/C18H19NO3/c1-2-18(21)19-11-5-6-12-22-17-10-9-14-7-3-4-8-15(14)16(17)13-20/h2-4,7-10,13H,1,5-6,11-12H2,(H,19,21). The van der Waals surface area contributed by atoms with Gasteiger partial charge < -0.3 is 10.1 Å². The second-order valence-electron chi connectivity index (χ2n) is 4.87. The monoisotopic (exact) mass is 297 g/mol. The van der Waals surface area contributed by atoms with Crippen LogP contribution in [-0.4, -0.2) is 25.3 Å². The molecule has 0 aliphatic rings. The normalized spacial score (nSPS) is 10.2. The van der Waals surface area contributed by atoms with Crippen molar-refractivity contribution in [1.82, 2.24) is 5.32 Å². The zero-order chi connectivity index (χ0) is 15.8. The molecule has 0 atom stereocenters. The van der Waals surface area contributed by atoms with Gasteiger partial charge in [0, 0.05) is 6.54 Å². The van der Waals surface area contributed by atoms with Crippen molar-refractivity contribution >= 4 is 23.0 Å². The molecule has 1 N–H and O–H groups in total. The van der Waals surface area contributed by atoms with Gasteiger partial charge in [-0.25, -0.2) is 0 Å². The summed E-state index contributed by atoms with van der Waals surface area (Å²) in [6, 6.07) is 11.5. The number of carbonyl (C=O) groups excluding carboxylic acids is 2. The fraction of sp³-hybridized carbons (Fsp3) is 0.222. The van der Waals surface area contributed by atoms with Gasteiger partial charge in [0.1, 0.15) is 5.75 Å². The summed E-state index contributed by atoms with van der Waals surface area (Å²) in [6.07, 6.45) is 3.69. The van der Waals surface area contributed by atoms with Crippen molar-refractivity contribution in [3.8, 4) is 5.75 Å². The molecular formula is C18H19NO3. The number of carbonyl (C=O) groups is 2. The molecule has 0 heterocycles. The van der Waals surface area contributed by atoms with Gasteiger partial charge in [-0.05, 0) is 35.8 Å². The summed E-state index contributed by atoms with van der Waals surface area (Å²) < 4.78 is 5.71. The minimum Gasteiger partial charge on any atom is -0.493 e. The van der Waals surface area contributed by atoms with Crippen LogP contribution in [0.2, 0.25) is 0 Å². The molecule has 114 valence electrons. The van der Waals surface area contributed by atoms with Crippen LogP contribution >= 0.6 is 0 Å². The van der Waals surface area contributed by atoms with E-state index in [1.54, 1.807) is 0 Å². The third-order valence-corrected chi connectivity index (χ3v) is 3.36. The third-order valence-electron chi connectivity index (χ3n) is 3.36. The van der Waals surface area contributed by atoms with Crippen LogP contribution in [0.3, 0.4) is 0 Å². The molecule has 0 aliphatic heterocycles. The van der Waals surface area contributed by atoms with Crippen molar-refractivity contribution in [2.24, 2.45) is 0 Å². The second kappa shape index (κ2) is 7.98. The van der Waals surface area contributed by atoms with Crippen LogP contribution in [0.4, 0.5) is 0 Å². The van der Waals surface area contributed by atoms with E-state index < -0.39 is 0 Å². The lowest BCUT2D eigenvalue weighted by Crippen LogP contribution is -2.22. The van der Waals surface area contributed by atoms with Crippen LogP contribution in [0.1, 0.15) is 23.2 Å². The lowest BCUT2D eigenvalue weighted by atomic mass is 10.0. The van der Waals surface area contributed by atoms with Crippen LogP contribution in [0.5, 0.6) is 5.75 Å². The van der Waals surface area contributed by atoms with E-state index in [0.717, 1.165) is 29.9 Å². The maximum absolute atomic E-state index is 11.3. The van der Waals surface area contributed by atoms with Crippen molar-refractivity contribution < 1.29 is 14.3 Å². The molecule has 0 spiro atoms. The first-order valence-electron chi connectivity index (χ1n) is 7.26. The van der Waals surface area contributed by atoms with Crippen LogP contribution in [0.25, 0.3) is 10.8 Å². The van der Waals surface area contributed by atoms with Gasteiger partial charge >= 0.3 is 0 Å². The van der Waals surface area contributed by atoms with E-state index in [-0.39, 0.29) is 5.91 Å². The average Bonchev–Trinajstić information content (AvgIpc) is 2.57. The second-order valence-corrected chi connectivity index (χ2v) is 4.87. The molecule has 2 aromatic carbocycles. The predicted molar refractivity (Wildman–Crippen MR) is 87.3 cm³/mol. The summed E-state index contributed by atoms with van der Waals surface area (Å²) >= 11 is 0. The van der Waals surface area contributed by atoms with E-state index in [4.69, 9.17) is 4.74 Å². The quantitative estimate of drug-likeness (QED) is 0.463. The van der Waals surface area contributed by atoms with Crippen LogP contribution in [-0.2, 0) is 4.79 Å². The first kappa shape index (κ1) is 15.8. The Balaban J connectivity index is 1.90. The lowest BCUT2D eigenvalue weighted by molar-refractivity contribution is -0.116. The number of rotatable bonds is 8. The fourth-order valence-corrected chi connectivity index (χ4v) is 2.22. The van der Waals surface area contributed by atoms with Crippen molar-refractivity contribution in [2.45, 2.75) is 12.8 Å². The number of amides is 1. The number of nitrogens with one attached hydrogen (secondary N) is 1.